The third kappa shape index (κ3) is 2.63. The molecule has 0 aliphatic carbocycles. The van der Waals surface area contributed by atoms with E-state index in [2.05, 4.69) is 0 Å². The zero-order valence-electron chi connectivity index (χ0n) is 11.1. The minimum atomic E-state index is 0.712. The van der Waals surface area contributed by atoms with Gasteiger partial charge in [0.05, 0.1) is 0 Å². The van der Waals surface area contributed by atoms with Gasteiger partial charge in [-0.05, 0) is 35.6 Å². The van der Waals surface area contributed by atoms with Crippen LogP contribution in [0, 0.1) is 6.92 Å². The summed E-state index contributed by atoms with van der Waals surface area (Å²) in [5.41, 5.74) is 5.60. The van der Waals surface area contributed by atoms with Crippen LogP contribution in [0.3, 0.4) is 0 Å². The van der Waals surface area contributed by atoms with Gasteiger partial charge in [0.1, 0.15) is 12.6 Å². The highest BCUT2D eigenvalue weighted by Gasteiger charge is 2.05. The van der Waals surface area contributed by atoms with E-state index in [0.29, 0.717) is 5.56 Å². The molecule has 96 valence electrons. The fraction of sp³-hybridized carbons (Fsp3) is 0.176. The Morgan fingerprint density at radius 1 is 0.895 bits per heavy atom. The Bertz CT molecular complexity index is 627. The highest BCUT2D eigenvalue weighted by atomic mass is 16.1. The second-order valence-electron chi connectivity index (χ2n) is 4.57. The Hall–Kier alpha value is -2.22. The van der Waals surface area contributed by atoms with Crippen molar-refractivity contribution in [1.29, 1.82) is 0 Å². The molecule has 2 aromatic rings. The molecule has 0 unspecified atom stereocenters. The molecular weight excluding hydrogens is 236 g/mol. The van der Waals surface area contributed by atoms with Gasteiger partial charge < -0.3 is 0 Å². The highest BCUT2D eigenvalue weighted by molar-refractivity contribution is 5.82. The Morgan fingerprint density at radius 3 is 2.00 bits per heavy atom. The summed E-state index contributed by atoms with van der Waals surface area (Å²) < 4.78 is 0. The number of carbonyl (C=O) groups is 2. The third-order valence-electron chi connectivity index (χ3n) is 3.38. The van der Waals surface area contributed by atoms with Gasteiger partial charge in [0.25, 0.3) is 0 Å². The molecule has 0 aromatic heterocycles. The van der Waals surface area contributed by atoms with E-state index in [0.717, 1.165) is 46.8 Å². The third-order valence-corrected chi connectivity index (χ3v) is 3.38. The lowest BCUT2D eigenvalue weighted by atomic mass is 9.96. The molecule has 2 nitrogen and oxygen atoms in total. The van der Waals surface area contributed by atoms with E-state index >= 15 is 0 Å². The first-order valence-electron chi connectivity index (χ1n) is 6.34. The minimum Gasteiger partial charge on any atom is -0.298 e. The molecule has 2 heteroatoms. The van der Waals surface area contributed by atoms with E-state index in [4.69, 9.17) is 0 Å². The number of rotatable bonds is 4. The number of aldehydes is 2. The zero-order valence-corrected chi connectivity index (χ0v) is 11.1. The molecule has 0 bridgehead atoms. The second kappa shape index (κ2) is 5.61. The summed E-state index contributed by atoms with van der Waals surface area (Å²) in [6.07, 6.45) is 2.59. The maximum Gasteiger partial charge on any atom is 0.150 e. The average Bonchev–Trinajstić information content (AvgIpc) is 2.46. The largest absolute Gasteiger partial charge is 0.298 e. The van der Waals surface area contributed by atoms with Gasteiger partial charge >= 0.3 is 0 Å². The van der Waals surface area contributed by atoms with E-state index in [9.17, 15) is 9.59 Å². The fourth-order valence-electron chi connectivity index (χ4n) is 2.19. The quantitative estimate of drug-likeness (QED) is 0.774. The predicted molar refractivity (Wildman–Crippen MR) is 76.8 cm³/mol. The lowest BCUT2D eigenvalue weighted by molar-refractivity contribution is 0.111. The number of aryl methyl sites for hydroxylation is 2. The van der Waals surface area contributed by atoms with E-state index in [1.807, 2.05) is 50.2 Å². The first kappa shape index (κ1) is 13.2. The van der Waals surface area contributed by atoms with Crippen LogP contribution in [0.1, 0.15) is 38.8 Å². The maximum absolute atomic E-state index is 10.9. The molecule has 0 spiro atoms. The van der Waals surface area contributed by atoms with Gasteiger partial charge in [-0.3, -0.25) is 9.59 Å². The molecular formula is C17H16O2. The number of hydrogen-bond donors (Lipinski definition) is 0. The Labute approximate surface area is 113 Å². The van der Waals surface area contributed by atoms with Crippen molar-refractivity contribution >= 4 is 12.6 Å². The molecule has 0 fully saturated rings. The molecule has 19 heavy (non-hydrogen) atoms. The molecule has 0 N–H and O–H groups in total. The molecule has 0 heterocycles. The summed E-state index contributed by atoms with van der Waals surface area (Å²) in [7, 11) is 0. The first-order chi connectivity index (χ1) is 9.19. The first-order valence-corrected chi connectivity index (χ1v) is 6.34. The van der Waals surface area contributed by atoms with Gasteiger partial charge in [0, 0.05) is 11.1 Å². The topological polar surface area (TPSA) is 34.1 Å². The van der Waals surface area contributed by atoms with Gasteiger partial charge in [-0.2, -0.15) is 0 Å². The van der Waals surface area contributed by atoms with Crippen molar-refractivity contribution in [1.82, 2.24) is 0 Å². The maximum atomic E-state index is 10.9. The molecule has 2 rings (SSSR count). The van der Waals surface area contributed by atoms with Crippen LogP contribution < -0.4 is 0 Å². The molecule has 0 radical (unpaired) electrons. The standard InChI is InChI=1S/C17H16O2/c1-3-13-9-15(5-7-17(13)11-19)14-4-6-16(10-18)12(2)8-14/h4-11H,3H2,1-2H3. The van der Waals surface area contributed by atoms with Crippen molar-refractivity contribution in [2.75, 3.05) is 0 Å². The fourth-order valence-corrected chi connectivity index (χ4v) is 2.19. The Morgan fingerprint density at radius 2 is 1.47 bits per heavy atom. The Kier molecular flexibility index (Phi) is 3.91. The van der Waals surface area contributed by atoms with Crippen LogP contribution in [0.4, 0.5) is 0 Å². The van der Waals surface area contributed by atoms with Gasteiger partial charge in [0.2, 0.25) is 0 Å². The van der Waals surface area contributed by atoms with Gasteiger partial charge in [-0.1, -0.05) is 43.3 Å². The second-order valence-corrected chi connectivity index (χ2v) is 4.57. The smallest absolute Gasteiger partial charge is 0.150 e. The van der Waals surface area contributed by atoms with Crippen LogP contribution in [-0.4, -0.2) is 12.6 Å². The summed E-state index contributed by atoms with van der Waals surface area (Å²) in [5.74, 6) is 0. The van der Waals surface area contributed by atoms with Crippen molar-refractivity contribution in [3.63, 3.8) is 0 Å². The van der Waals surface area contributed by atoms with Crippen molar-refractivity contribution in [3.05, 3.63) is 58.7 Å². The number of benzene rings is 2. The summed E-state index contributed by atoms with van der Waals surface area (Å²) in [6.45, 7) is 3.96. The molecule has 0 aliphatic heterocycles. The number of carbonyl (C=O) groups excluding carboxylic acids is 2. The van der Waals surface area contributed by atoms with Crippen LogP contribution in [-0.2, 0) is 6.42 Å². The van der Waals surface area contributed by atoms with Gasteiger partial charge in [0.15, 0.2) is 0 Å². The lowest BCUT2D eigenvalue weighted by Crippen LogP contribution is -1.92. The molecule has 0 saturated heterocycles. The summed E-state index contributed by atoms with van der Waals surface area (Å²) in [5, 5.41) is 0. The van der Waals surface area contributed by atoms with E-state index < -0.39 is 0 Å². The molecule has 0 saturated carbocycles. The number of hydrogen-bond acceptors (Lipinski definition) is 2. The van der Waals surface area contributed by atoms with Crippen molar-refractivity contribution in [2.45, 2.75) is 20.3 Å². The monoisotopic (exact) mass is 252 g/mol. The zero-order chi connectivity index (χ0) is 13.8. The summed E-state index contributed by atoms with van der Waals surface area (Å²) in [4.78, 5) is 21.8. The molecule has 0 atom stereocenters. The van der Waals surface area contributed by atoms with E-state index in [-0.39, 0.29) is 0 Å². The predicted octanol–water partition coefficient (Wildman–Crippen LogP) is 3.85. The van der Waals surface area contributed by atoms with E-state index in [1.54, 1.807) is 0 Å². The molecule has 0 amide bonds. The lowest BCUT2D eigenvalue weighted by Gasteiger charge is -2.08. The Balaban J connectivity index is 2.50. The molecule has 2 aromatic carbocycles. The van der Waals surface area contributed by atoms with E-state index in [1.165, 1.54) is 0 Å². The summed E-state index contributed by atoms with van der Waals surface area (Å²) in [6, 6.07) is 11.6. The summed E-state index contributed by atoms with van der Waals surface area (Å²) >= 11 is 0. The SMILES string of the molecule is CCc1cc(-c2ccc(C=O)c(C)c2)ccc1C=O. The van der Waals surface area contributed by atoms with Crippen molar-refractivity contribution in [2.24, 2.45) is 0 Å². The van der Waals surface area contributed by atoms with Crippen molar-refractivity contribution < 1.29 is 9.59 Å². The average molecular weight is 252 g/mol. The van der Waals surface area contributed by atoms with Crippen LogP contribution in [0.5, 0.6) is 0 Å². The van der Waals surface area contributed by atoms with Crippen LogP contribution in [0.25, 0.3) is 11.1 Å². The minimum absolute atomic E-state index is 0.712. The molecule has 0 aliphatic rings. The highest BCUT2D eigenvalue weighted by Crippen LogP contribution is 2.24. The van der Waals surface area contributed by atoms with Crippen LogP contribution >= 0.6 is 0 Å². The van der Waals surface area contributed by atoms with Crippen LogP contribution in [0.15, 0.2) is 36.4 Å². The van der Waals surface area contributed by atoms with Gasteiger partial charge in [-0.25, -0.2) is 0 Å². The van der Waals surface area contributed by atoms with Crippen molar-refractivity contribution in [3.8, 4) is 11.1 Å². The van der Waals surface area contributed by atoms with Crippen LogP contribution in [0.2, 0.25) is 0 Å². The normalized spacial score (nSPS) is 10.2. The van der Waals surface area contributed by atoms with Gasteiger partial charge in [-0.15, -0.1) is 0 Å².